The summed E-state index contributed by atoms with van der Waals surface area (Å²) < 4.78 is 0. The predicted molar refractivity (Wildman–Crippen MR) is 87.1 cm³/mol. The minimum absolute atomic E-state index is 0.0126. The van der Waals surface area contributed by atoms with Crippen LogP contribution in [0.15, 0.2) is 24.3 Å². The fraction of sp³-hybridized carbons (Fsp3) is 0.526. The van der Waals surface area contributed by atoms with E-state index in [1.807, 2.05) is 6.92 Å². The summed E-state index contributed by atoms with van der Waals surface area (Å²) in [5, 5.41) is 0. The standard InChI is InChI=1S/C19H23NO3/c1-12-9-10-19(4,18(12,2)3)15(21)11-20-16(22)13-7-5-6-8-14(13)17(20)23/h5-8,12H,9-11H2,1-4H3. The lowest BCUT2D eigenvalue weighted by Gasteiger charge is -2.40. The van der Waals surface area contributed by atoms with Crippen molar-refractivity contribution in [2.24, 2.45) is 16.7 Å². The van der Waals surface area contributed by atoms with Crippen LogP contribution in [-0.2, 0) is 4.79 Å². The Morgan fingerprint density at radius 2 is 1.65 bits per heavy atom. The maximum atomic E-state index is 13.0. The van der Waals surface area contributed by atoms with Crippen LogP contribution in [0.1, 0.15) is 61.3 Å². The average molecular weight is 313 g/mol. The van der Waals surface area contributed by atoms with Gasteiger partial charge in [0.15, 0.2) is 5.78 Å². The number of ketones is 1. The molecule has 2 unspecified atom stereocenters. The Hall–Kier alpha value is -1.97. The molecule has 4 nitrogen and oxygen atoms in total. The highest BCUT2D eigenvalue weighted by molar-refractivity contribution is 6.22. The van der Waals surface area contributed by atoms with Gasteiger partial charge in [-0.15, -0.1) is 0 Å². The molecule has 0 saturated heterocycles. The first kappa shape index (κ1) is 15.9. The van der Waals surface area contributed by atoms with E-state index in [0.717, 1.165) is 17.7 Å². The molecular weight excluding hydrogens is 290 g/mol. The number of rotatable bonds is 3. The number of hydrogen-bond donors (Lipinski definition) is 0. The largest absolute Gasteiger partial charge is 0.297 e. The monoisotopic (exact) mass is 313 g/mol. The van der Waals surface area contributed by atoms with Gasteiger partial charge in [0.2, 0.25) is 0 Å². The summed E-state index contributed by atoms with van der Waals surface area (Å²) in [7, 11) is 0. The summed E-state index contributed by atoms with van der Waals surface area (Å²) in [4.78, 5) is 39.0. The van der Waals surface area contributed by atoms with E-state index < -0.39 is 5.41 Å². The van der Waals surface area contributed by atoms with Crippen molar-refractivity contribution in [1.82, 2.24) is 4.90 Å². The van der Waals surface area contributed by atoms with Gasteiger partial charge >= 0.3 is 0 Å². The third kappa shape index (κ3) is 2.07. The van der Waals surface area contributed by atoms with Crippen molar-refractivity contribution in [2.75, 3.05) is 6.54 Å². The first-order valence-corrected chi connectivity index (χ1v) is 8.18. The molecule has 122 valence electrons. The number of amides is 2. The number of hydrogen-bond acceptors (Lipinski definition) is 3. The molecule has 0 N–H and O–H groups in total. The van der Waals surface area contributed by atoms with E-state index in [-0.39, 0.29) is 29.6 Å². The van der Waals surface area contributed by atoms with E-state index in [9.17, 15) is 14.4 Å². The van der Waals surface area contributed by atoms with Crippen molar-refractivity contribution >= 4 is 17.6 Å². The van der Waals surface area contributed by atoms with Gasteiger partial charge in [0, 0.05) is 5.41 Å². The molecule has 1 aliphatic heterocycles. The first-order valence-electron chi connectivity index (χ1n) is 8.18. The Balaban J connectivity index is 1.85. The van der Waals surface area contributed by atoms with Crippen LogP contribution in [0, 0.1) is 16.7 Å². The van der Waals surface area contributed by atoms with Crippen LogP contribution < -0.4 is 0 Å². The quantitative estimate of drug-likeness (QED) is 0.804. The molecule has 2 amide bonds. The zero-order valence-electron chi connectivity index (χ0n) is 14.2. The van der Waals surface area contributed by atoms with E-state index in [2.05, 4.69) is 20.8 Å². The molecule has 1 aliphatic carbocycles. The topological polar surface area (TPSA) is 54.5 Å². The number of carbonyl (C=O) groups is 3. The van der Waals surface area contributed by atoms with Crippen LogP contribution in [0.2, 0.25) is 0 Å². The number of Topliss-reactive ketones (excluding diaryl/α,β-unsaturated/α-hetero) is 1. The SMILES string of the molecule is CC1CCC(C)(C(=O)CN2C(=O)c3ccccc3C2=O)C1(C)C. The number of nitrogens with zero attached hydrogens (tertiary/aromatic N) is 1. The molecule has 1 aromatic carbocycles. The van der Waals surface area contributed by atoms with Gasteiger partial charge in [0.25, 0.3) is 11.8 Å². The van der Waals surface area contributed by atoms with Crippen LogP contribution in [0.3, 0.4) is 0 Å². The molecule has 0 spiro atoms. The van der Waals surface area contributed by atoms with Gasteiger partial charge in [-0.3, -0.25) is 19.3 Å². The van der Waals surface area contributed by atoms with Crippen LogP contribution >= 0.6 is 0 Å². The Morgan fingerprint density at radius 3 is 2.09 bits per heavy atom. The van der Waals surface area contributed by atoms with Gasteiger partial charge in [0.05, 0.1) is 17.7 Å². The zero-order chi connectivity index (χ0) is 17.0. The normalized spacial score (nSPS) is 29.0. The van der Waals surface area contributed by atoms with Gasteiger partial charge in [0.1, 0.15) is 0 Å². The van der Waals surface area contributed by atoms with Crippen molar-refractivity contribution in [1.29, 1.82) is 0 Å². The summed E-state index contributed by atoms with van der Waals surface area (Å²) >= 11 is 0. The molecule has 1 aromatic rings. The molecule has 0 aromatic heterocycles. The van der Waals surface area contributed by atoms with E-state index in [0.29, 0.717) is 17.0 Å². The summed E-state index contributed by atoms with van der Waals surface area (Å²) in [5.41, 5.74) is 0.161. The summed E-state index contributed by atoms with van der Waals surface area (Å²) in [6.45, 7) is 8.26. The second-order valence-electron chi connectivity index (χ2n) is 7.66. The highest BCUT2D eigenvalue weighted by atomic mass is 16.2. The molecule has 23 heavy (non-hydrogen) atoms. The lowest BCUT2D eigenvalue weighted by atomic mass is 9.64. The van der Waals surface area contributed by atoms with E-state index in [1.165, 1.54) is 0 Å². The molecule has 0 radical (unpaired) electrons. The fourth-order valence-electron chi connectivity index (χ4n) is 3.93. The van der Waals surface area contributed by atoms with Crippen molar-refractivity contribution in [3.8, 4) is 0 Å². The zero-order valence-corrected chi connectivity index (χ0v) is 14.2. The molecule has 1 heterocycles. The molecule has 1 fully saturated rings. The number of carbonyl (C=O) groups excluding carboxylic acids is 3. The van der Waals surface area contributed by atoms with Gasteiger partial charge in [-0.05, 0) is 36.3 Å². The van der Waals surface area contributed by atoms with Gasteiger partial charge in [-0.25, -0.2) is 0 Å². The fourth-order valence-corrected chi connectivity index (χ4v) is 3.93. The summed E-state index contributed by atoms with van der Waals surface area (Å²) in [6.07, 6.45) is 1.81. The number of fused-ring (bicyclic) bond motifs is 1. The van der Waals surface area contributed by atoms with E-state index in [1.54, 1.807) is 24.3 Å². The Labute approximate surface area is 136 Å². The average Bonchev–Trinajstić information content (AvgIpc) is 2.89. The maximum Gasteiger partial charge on any atom is 0.261 e. The highest BCUT2D eigenvalue weighted by Gasteiger charge is 2.54. The maximum absolute atomic E-state index is 13.0. The molecular formula is C19H23NO3. The minimum Gasteiger partial charge on any atom is -0.297 e. The molecule has 3 rings (SSSR count). The third-order valence-corrected chi connectivity index (χ3v) is 6.53. The molecule has 4 heteroatoms. The van der Waals surface area contributed by atoms with Crippen molar-refractivity contribution in [3.63, 3.8) is 0 Å². The predicted octanol–water partition coefficient (Wildman–Crippen LogP) is 3.31. The van der Waals surface area contributed by atoms with E-state index in [4.69, 9.17) is 0 Å². The summed E-state index contributed by atoms with van der Waals surface area (Å²) in [5.74, 6) is -0.280. The Kier molecular flexibility index (Phi) is 3.47. The number of imide groups is 1. The minimum atomic E-state index is -0.498. The second kappa shape index (κ2) is 5.02. The Morgan fingerprint density at radius 1 is 1.13 bits per heavy atom. The van der Waals surface area contributed by atoms with Crippen molar-refractivity contribution in [2.45, 2.75) is 40.5 Å². The van der Waals surface area contributed by atoms with Crippen molar-refractivity contribution in [3.05, 3.63) is 35.4 Å². The van der Waals surface area contributed by atoms with Gasteiger partial charge in [-0.2, -0.15) is 0 Å². The van der Waals surface area contributed by atoms with Crippen LogP contribution in [-0.4, -0.2) is 29.0 Å². The van der Waals surface area contributed by atoms with Gasteiger partial charge < -0.3 is 0 Å². The molecule has 2 aliphatic rings. The molecule has 2 atom stereocenters. The molecule has 0 bridgehead atoms. The first-order chi connectivity index (χ1) is 10.7. The smallest absolute Gasteiger partial charge is 0.261 e. The van der Waals surface area contributed by atoms with Crippen LogP contribution in [0.5, 0.6) is 0 Å². The number of benzene rings is 1. The lowest BCUT2D eigenvalue weighted by Crippen LogP contribution is -2.46. The highest BCUT2D eigenvalue weighted by Crippen LogP contribution is 2.56. The van der Waals surface area contributed by atoms with Gasteiger partial charge in [-0.1, -0.05) is 39.8 Å². The van der Waals surface area contributed by atoms with Crippen LogP contribution in [0.4, 0.5) is 0 Å². The third-order valence-electron chi connectivity index (χ3n) is 6.53. The second-order valence-corrected chi connectivity index (χ2v) is 7.66. The van der Waals surface area contributed by atoms with E-state index >= 15 is 0 Å². The lowest BCUT2D eigenvalue weighted by molar-refractivity contribution is -0.133. The van der Waals surface area contributed by atoms with Crippen molar-refractivity contribution < 1.29 is 14.4 Å². The molecule has 1 saturated carbocycles. The Bertz CT molecular complexity index is 671. The van der Waals surface area contributed by atoms with Crippen LogP contribution in [0.25, 0.3) is 0 Å². The summed E-state index contributed by atoms with van der Waals surface area (Å²) in [6, 6.07) is 6.75.